The summed E-state index contributed by atoms with van der Waals surface area (Å²) in [6.07, 6.45) is 5.42. The Labute approximate surface area is 206 Å². The molecule has 1 aliphatic heterocycles. The summed E-state index contributed by atoms with van der Waals surface area (Å²) in [5.74, 6) is -0.250. The van der Waals surface area contributed by atoms with E-state index in [0.29, 0.717) is 18.1 Å². The van der Waals surface area contributed by atoms with Gasteiger partial charge in [0.05, 0.1) is 16.8 Å². The van der Waals surface area contributed by atoms with Gasteiger partial charge in [0.1, 0.15) is 10.3 Å². The van der Waals surface area contributed by atoms with Crippen LogP contribution >= 0.6 is 22.7 Å². The molecule has 1 saturated heterocycles. The number of nitrogens with zero attached hydrogens (tertiary/aromatic N) is 4. The van der Waals surface area contributed by atoms with Crippen LogP contribution in [-0.2, 0) is 21.4 Å². The quantitative estimate of drug-likeness (QED) is 0.369. The highest BCUT2D eigenvalue weighted by atomic mass is 32.2. The molecule has 0 radical (unpaired) electrons. The van der Waals surface area contributed by atoms with Crippen LogP contribution in [0, 0.1) is 6.92 Å². The fraction of sp³-hybridized carbons (Fsp3) is 0.292. The Hall–Kier alpha value is -2.66. The molecule has 3 aromatic heterocycles. The lowest BCUT2D eigenvalue weighted by atomic mass is 10.0. The van der Waals surface area contributed by atoms with Crippen LogP contribution in [0.1, 0.15) is 30.4 Å². The van der Waals surface area contributed by atoms with Crippen LogP contribution in [0.3, 0.4) is 0 Å². The van der Waals surface area contributed by atoms with Crippen molar-refractivity contribution in [2.75, 3.05) is 11.4 Å². The van der Waals surface area contributed by atoms with Crippen molar-refractivity contribution in [1.82, 2.24) is 14.3 Å². The second kappa shape index (κ2) is 9.53. The van der Waals surface area contributed by atoms with E-state index >= 15 is 0 Å². The zero-order valence-electron chi connectivity index (χ0n) is 18.6. The third-order valence-corrected chi connectivity index (χ3v) is 10.2. The first-order valence-electron chi connectivity index (χ1n) is 11.1. The fourth-order valence-corrected chi connectivity index (χ4v) is 8.03. The van der Waals surface area contributed by atoms with E-state index in [2.05, 4.69) is 11.1 Å². The zero-order chi connectivity index (χ0) is 23.7. The second-order valence-corrected chi connectivity index (χ2v) is 12.4. The number of aromatic nitrogens is 2. The first-order valence-corrected chi connectivity index (χ1v) is 14.2. The number of thiazole rings is 1. The van der Waals surface area contributed by atoms with E-state index in [1.165, 1.54) is 27.0 Å². The molecule has 0 aliphatic carbocycles. The van der Waals surface area contributed by atoms with Crippen LogP contribution < -0.4 is 4.90 Å². The molecule has 1 fully saturated rings. The highest BCUT2D eigenvalue weighted by molar-refractivity contribution is 7.91. The van der Waals surface area contributed by atoms with Gasteiger partial charge in [-0.2, -0.15) is 4.31 Å². The topological polar surface area (TPSA) is 83.5 Å². The van der Waals surface area contributed by atoms with Crippen molar-refractivity contribution in [2.24, 2.45) is 0 Å². The number of pyridine rings is 1. The Morgan fingerprint density at radius 3 is 2.85 bits per heavy atom. The number of carbonyl (C=O) groups is 1. The molecule has 1 aliphatic rings. The smallest absolute Gasteiger partial charge is 0.253 e. The van der Waals surface area contributed by atoms with E-state index < -0.39 is 16.1 Å². The predicted molar refractivity (Wildman–Crippen MR) is 136 cm³/mol. The maximum Gasteiger partial charge on any atom is 0.253 e. The van der Waals surface area contributed by atoms with E-state index in [1.807, 2.05) is 31.2 Å². The number of sulfonamides is 1. The molecule has 0 N–H and O–H groups in total. The van der Waals surface area contributed by atoms with Crippen molar-refractivity contribution in [3.05, 3.63) is 71.4 Å². The number of hydrogen-bond donors (Lipinski definition) is 0. The highest BCUT2D eigenvalue weighted by Crippen LogP contribution is 2.34. The molecule has 0 saturated carbocycles. The van der Waals surface area contributed by atoms with Gasteiger partial charge in [0.2, 0.25) is 5.91 Å². The van der Waals surface area contributed by atoms with Gasteiger partial charge in [0.15, 0.2) is 5.13 Å². The lowest BCUT2D eigenvalue weighted by Crippen LogP contribution is -2.52. The minimum Gasteiger partial charge on any atom is -0.282 e. The van der Waals surface area contributed by atoms with Crippen LogP contribution in [0.4, 0.5) is 5.13 Å². The van der Waals surface area contributed by atoms with E-state index in [1.54, 1.807) is 34.8 Å². The first kappa shape index (κ1) is 23.1. The Morgan fingerprint density at radius 2 is 2.09 bits per heavy atom. The number of amides is 1. The van der Waals surface area contributed by atoms with E-state index in [9.17, 15) is 13.2 Å². The lowest BCUT2D eigenvalue weighted by molar-refractivity contribution is -0.123. The van der Waals surface area contributed by atoms with Crippen LogP contribution in [-0.4, -0.2) is 41.2 Å². The molecule has 5 rings (SSSR count). The number of aryl methyl sites for hydroxylation is 1. The molecule has 1 atom stereocenters. The maximum absolute atomic E-state index is 14.0. The highest BCUT2D eigenvalue weighted by Gasteiger charge is 2.40. The summed E-state index contributed by atoms with van der Waals surface area (Å²) in [7, 11) is -3.76. The summed E-state index contributed by atoms with van der Waals surface area (Å²) in [4.78, 5) is 24.6. The molecule has 34 heavy (non-hydrogen) atoms. The fourth-order valence-electron chi connectivity index (χ4n) is 4.19. The minimum absolute atomic E-state index is 0.250. The Morgan fingerprint density at radius 1 is 1.21 bits per heavy atom. The van der Waals surface area contributed by atoms with Gasteiger partial charge in [-0.05, 0) is 60.5 Å². The second-order valence-electron chi connectivity index (χ2n) is 8.31. The number of benzene rings is 1. The van der Waals surface area contributed by atoms with Crippen LogP contribution in [0.25, 0.3) is 10.2 Å². The normalized spacial score (nSPS) is 17.1. The Bertz CT molecular complexity index is 1400. The van der Waals surface area contributed by atoms with E-state index in [4.69, 9.17) is 4.98 Å². The van der Waals surface area contributed by atoms with E-state index in [-0.39, 0.29) is 16.7 Å². The third-order valence-electron chi connectivity index (χ3n) is 5.89. The monoisotopic (exact) mass is 512 g/mol. The standard InChI is InChI=1S/C24H24N4O3S3/c1-17-9-10-19-21(14-17)33-24(26-19)27(16-18-6-4-11-25-15-18)23(29)20-7-2-3-12-28(20)34(30,31)22-8-5-13-32-22/h4-6,8-11,13-15,20H,2-3,7,12,16H2,1H3. The van der Waals surface area contributed by atoms with Crippen LogP contribution in [0.5, 0.6) is 0 Å². The Kier molecular flexibility index (Phi) is 6.48. The zero-order valence-corrected chi connectivity index (χ0v) is 21.1. The first-order chi connectivity index (χ1) is 16.4. The van der Waals surface area contributed by atoms with Gasteiger partial charge < -0.3 is 0 Å². The number of carbonyl (C=O) groups excluding carboxylic acids is 1. The molecule has 176 valence electrons. The van der Waals surface area contributed by atoms with Crippen molar-refractivity contribution in [3.63, 3.8) is 0 Å². The molecule has 7 nitrogen and oxygen atoms in total. The molecule has 1 amide bonds. The van der Waals surface area contributed by atoms with Crippen LogP contribution in [0.15, 0.2) is 64.4 Å². The number of fused-ring (bicyclic) bond motifs is 1. The van der Waals surface area contributed by atoms with Crippen molar-refractivity contribution >= 4 is 54.0 Å². The van der Waals surface area contributed by atoms with Crippen molar-refractivity contribution in [3.8, 4) is 0 Å². The SMILES string of the molecule is Cc1ccc2nc(N(Cc3cccnc3)C(=O)C3CCCCN3S(=O)(=O)c3cccs3)sc2c1. The summed E-state index contributed by atoms with van der Waals surface area (Å²) >= 11 is 2.62. The van der Waals surface area contributed by atoms with Gasteiger partial charge in [-0.25, -0.2) is 13.4 Å². The number of piperidine rings is 1. The van der Waals surface area contributed by atoms with Gasteiger partial charge in [-0.3, -0.25) is 14.7 Å². The van der Waals surface area contributed by atoms with Crippen molar-refractivity contribution < 1.29 is 13.2 Å². The van der Waals surface area contributed by atoms with E-state index in [0.717, 1.165) is 34.2 Å². The minimum atomic E-state index is -3.76. The molecule has 0 bridgehead atoms. The molecule has 4 heterocycles. The number of anilines is 1. The van der Waals surface area contributed by atoms with Gasteiger partial charge in [0, 0.05) is 18.9 Å². The van der Waals surface area contributed by atoms with Crippen molar-refractivity contribution in [2.45, 2.75) is 43.0 Å². The number of thiophene rings is 1. The Balaban J connectivity index is 1.54. The summed E-state index contributed by atoms with van der Waals surface area (Å²) < 4.78 is 29.4. The molecular formula is C24H24N4O3S3. The molecule has 1 aromatic carbocycles. The third kappa shape index (κ3) is 4.50. The summed E-state index contributed by atoms with van der Waals surface area (Å²) in [5, 5.41) is 2.30. The van der Waals surface area contributed by atoms with Gasteiger partial charge >= 0.3 is 0 Å². The summed E-state index contributed by atoms with van der Waals surface area (Å²) in [6, 6.07) is 12.3. The molecule has 0 spiro atoms. The number of hydrogen-bond acceptors (Lipinski definition) is 7. The molecular weight excluding hydrogens is 488 g/mol. The van der Waals surface area contributed by atoms with Crippen molar-refractivity contribution in [1.29, 1.82) is 0 Å². The predicted octanol–water partition coefficient (Wildman–Crippen LogP) is 4.84. The molecule has 1 unspecified atom stereocenters. The van der Waals surface area contributed by atoms with Crippen LogP contribution in [0.2, 0.25) is 0 Å². The average Bonchev–Trinajstić information content (AvgIpc) is 3.53. The summed E-state index contributed by atoms with van der Waals surface area (Å²) in [6.45, 7) is 2.62. The molecule has 10 heteroatoms. The lowest BCUT2D eigenvalue weighted by Gasteiger charge is -2.35. The maximum atomic E-state index is 14.0. The molecule has 4 aromatic rings. The van der Waals surface area contributed by atoms with Gasteiger partial charge in [-0.15, -0.1) is 11.3 Å². The van der Waals surface area contributed by atoms with Gasteiger partial charge in [0.25, 0.3) is 10.0 Å². The summed E-state index contributed by atoms with van der Waals surface area (Å²) in [5.41, 5.74) is 2.80. The largest absolute Gasteiger partial charge is 0.282 e. The van der Waals surface area contributed by atoms with Gasteiger partial charge in [-0.1, -0.05) is 36.0 Å². The number of rotatable bonds is 6. The average molecular weight is 513 g/mol.